The van der Waals surface area contributed by atoms with Crippen LogP contribution in [0.25, 0.3) is 0 Å². The number of ketones is 1. The fourth-order valence-corrected chi connectivity index (χ4v) is 5.73. The summed E-state index contributed by atoms with van der Waals surface area (Å²) < 4.78 is 24.0. The molecule has 1 saturated heterocycles. The number of aliphatic imine (C=N–C) groups is 2. The van der Waals surface area contributed by atoms with Crippen LogP contribution in [0.1, 0.15) is 45.7 Å². The van der Waals surface area contributed by atoms with Crippen LogP contribution in [0.3, 0.4) is 0 Å². The quantitative estimate of drug-likeness (QED) is 0.566. The van der Waals surface area contributed by atoms with E-state index in [2.05, 4.69) is 32.9 Å². The number of halogens is 1. The van der Waals surface area contributed by atoms with Gasteiger partial charge >= 0.3 is 0 Å². The van der Waals surface area contributed by atoms with Crippen LogP contribution in [-0.2, 0) is 21.2 Å². The van der Waals surface area contributed by atoms with Crippen molar-refractivity contribution >= 4 is 38.8 Å². The van der Waals surface area contributed by atoms with Gasteiger partial charge in [0.05, 0.1) is 40.4 Å². The molecular formula is C25H30ClN5O3S. The minimum absolute atomic E-state index is 0.00774. The van der Waals surface area contributed by atoms with Gasteiger partial charge in [-0.3, -0.25) is 14.8 Å². The number of carbonyl (C=O) groups excluding carboxylic acids is 1. The van der Waals surface area contributed by atoms with Crippen LogP contribution >= 0.6 is 11.6 Å². The van der Waals surface area contributed by atoms with E-state index in [-0.39, 0.29) is 51.7 Å². The number of nitrogens with zero attached hydrogens (tertiary/aromatic N) is 4. The van der Waals surface area contributed by atoms with Gasteiger partial charge in [-0.1, -0.05) is 44.5 Å². The number of sulfone groups is 1. The molecule has 1 aromatic rings. The molecule has 2 fully saturated rings. The molecule has 0 aromatic carbocycles. The fourth-order valence-electron chi connectivity index (χ4n) is 4.82. The third kappa shape index (κ3) is 5.88. The highest BCUT2D eigenvalue weighted by Gasteiger charge is 2.45. The van der Waals surface area contributed by atoms with E-state index in [4.69, 9.17) is 11.6 Å². The van der Waals surface area contributed by atoms with Crippen molar-refractivity contribution in [2.75, 3.05) is 5.75 Å². The highest BCUT2D eigenvalue weighted by atomic mass is 35.5. The lowest BCUT2D eigenvalue weighted by Crippen LogP contribution is -2.35. The maximum atomic E-state index is 13.5. The molecule has 0 radical (unpaired) electrons. The van der Waals surface area contributed by atoms with E-state index < -0.39 is 15.8 Å². The van der Waals surface area contributed by atoms with Crippen LogP contribution in [-0.4, -0.2) is 36.5 Å². The predicted octanol–water partition coefficient (Wildman–Crippen LogP) is 4.19. The first-order valence-corrected chi connectivity index (χ1v) is 13.7. The third-order valence-electron chi connectivity index (χ3n) is 6.69. The maximum absolute atomic E-state index is 13.5. The van der Waals surface area contributed by atoms with E-state index in [1.54, 1.807) is 13.0 Å². The van der Waals surface area contributed by atoms with Crippen molar-refractivity contribution in [3.8, 4) is 6.07 Å². The number of pyridine rings is 1. The molecule has 1 aliphatic heterocycles. The van der Waals surface area contributed by atoms with Gasteiger partial charge in [-0.2, -0.15) is 5.26 Å². The molecule has 1 N–H and O–H groups in total. The number of rotatable bonds is 6. The molecular weight excluding hydrogens is 486 g/mol. The zero-order chi connectivity index (χ0) is 25.8. The number of nitriles is 1. The first kappa shape index (κ1) is 26.8. The summed E-state index contributed by atoms with van der Waals surface area (Å²) in [6.07, 6.45) is 5.67. The normalized spacial score (nSPS) is 28.7. The summed E-state index contributed by atoms with van der Waals surface area (Å²) in [5.41, 5.74) is 1.74. The number of aromatic nitrogens is 1. The summed E-state index contributed by atoms with van der Waals surface area (Å²) in [6, 6.07) is 5.50. The van der Waals surface area contributed by atoms with Crippen molar-refractivity contribution in [1.82, 2.24) is 10.3 Å². The van der Waals surface area contributed by atoms with E-state index >= 15 is 0 Å². The molecule has 2 heterocycles. The molecule has 1 saturated carbocycles. The number of Topliss-reactive ketones (excluding diaryl/α,β-unsaturated/α-hetero) is 1. The van der Waals surface area contributed by atoms with Crippen molar-refractivity contribution in [2.24, 2.45) is 33.7 Å². The molecule has 4 unspecified atom stereocenters. The largest absolute Gasteiger partial charge is 0.336 e. The van der Waals surface area contributed by atoms with Gasteiger partial charge in [0.15, 0.2) is 15.7 Å². The van der Waals surface area contributed by atoms with Crippen molar-refractivity contribution in [3.63, 3.8) is 0 Å². The van der Waals surface area contributed by atoms with Crippen LogP contribution in [0.2, 0.25) is 0 Å². The minimum Gasteiger partial charge on any atom is -0.336 e. The molecule has 3 rings (SSSR count). The van der Waals surface area contributed by atoms with E-state index in [9.17, 15) is 18.5 Å². The summed E-state index contributed by atoms with van der Waals surface area (Å²) in [6.45, 7) is 9.04. The summed E-state index contributed by atoms with van der Waals surface area (Å²) in [5, 5.41) is 12.9. The lowest BCUT2D eigenvalue weighted by Gasteiger charge is -2.29. The Morgan fingerprint density at radius 3 is 2.71 bits per heavy atom. The maximum Gasteiger partial charge on any atom is 0.201 e. The zero-order valence-corrected chi connectivity index (χ0v) is 21.7. The number of amidine groups is 1. The molecule has 186 valence electrons. The summed E-state index contributed by atoms with van der Waals surface area (Å²) >= 11 is 6.08. The average molecular weight is 516 g/mol. The Hall–Kier alpha value is -2.83. The SMILES string of the molecule is C=C(Cl)/N=C1\C(=C/C)NC(=NCc2ccc(S(=O)(=O)CC)cn2)C(=O)C(C)C1C1CCCC1C#N. The lowest BCUT2D eigenvalue weighted by atomic mass is 9.73. The molecule has 0 spiro atoms. The van der Waals surface area contributed by atoms with Gasteiger partial charge in [-0.25, -0.2) is 13.4 Å². The zero-order valence-electron chi connectivity index (χ0n) is 20.2. The minimum atomic E-state index is -3.35. The van der Waals surface area contributed by atoms with Gasteiger partial charge in [0, 0.05) is 24.0 Å². The van der Waals surface area contributed by atoms with Crippen molar-refractivity contribution < 1.29 is 13.2 Å². The molecule has 8 nitrogen and oxygen atoms in total. The van der Waals surface area contributed by atoms with Crippen LogP contribution in [0, 0.1) is 35.0 Å². The Morgan fingerprint density at radius 2 is 2.14 bits per heavy atom. The van der Waals surface area contributed by atoms with Crippen molar-refractivity contribution in [2.45, 2.75) is 51.5 Å². The average Bonchev–Trinajstić information content (AvgIpc) is 3.28. The second kappa shape index (κ2) is 11.3. The number of nitrogens with one attached hydrogen (secondary N) is 1. The van der Waals surface area contributed by atoms with Gasteiger partial charge in [-0.15, -0.1) is 0 Å². The standard InChI is InChI=1S/C25H30ClN5O3S/c1-5-21-23(30-16(4)26)22(20-9-7-8-17(20)12-27)15(3)24(32)25(31-21)29-13-18-10-11-19(14-28-18)35(33,34)6-2/h5,10-11,14-15,17,20,22H,4,6-9,13H2,1-3H3,(H,29,31)/b21-5+,30-23+. The number of hydrogen-bond donors (Lipinski definition) is 1. The molecule has 1 aromatic heterocycles. The second-order valence-electron chi connectivity index (χ2n) is 8.76. The van der Waals surface area contributed by atoms with Gasteiger partial charge in [0.2, 0.25) is 5.78 Å². The Balaban J connectivity index is 1.97. The third-order valence-corrected chi connectivity index (χ3v) is 8.50. The molecule has 0 bridgehead atoms. The molecule has 2 aliphatic rings. The smallest absolute Gasteiger partial charge is 0.201 e. The van der Waals surface area contributed by atoms with E-state index in [1.807, 2.05) is 19.9 Å². The first-order valence-electron chi connectivity index (χ1n) is 11.7. The Labute approximate surface area is 211 Å². The monoisotopic (exact) mass is 515 g/mol. The van der Waals surface area contributed by atoms with Crippen molar-refractivity contribution in [3.05, 3.63) is 47.5 Å². The van der Waals surface area contributed by atoms with Gasteiger partial charge in [0.1, 0.15) is 5.16 Å². The molecule has 10 heteroatoms. The predicted molar refractivity (Wildman–Crippen MR) is 137 cm³/mol. The first-order chi connectivity index (χ1) is 16.6. The highest BCUT2D eigenvalue weighted by molar-refractivity contribution is 7.91. The van der Waals surface area contributed by atoms with Gasteiger partial charge in [-0.05, 0) is 37.8 Å². The molecule has 35 heavy (non-hydrogen) atoms. The second-order valence-corrected chi connectivity index (χ2v) is 11.5. The summed E-state index contributed by atoms with van der Waals surface area (Å²) in [5.74, 6) is -1.02. The summed E-state index contributed by atoms with van der Waals surface area (Å²) in [4.78, 5) is 26.9. The van der Waals surface area contributed by atoms with E-state index in [0.29, 0.717) is 17.1 Å². The van der Waals surface area contributed by atoms with Gasteiger partial charge < -0.3 is 5.32 Å². The van der Waals surface area contributed by atoms with E-state index in [0.717, 1.165) is 19.3 Å². The Morgan fingerprint density at radius 1 is 1.40 bits per heavy atom. The summed E-state index contributed by atoms with van der Waals surface area (Å²) in [7, 11) is -3.35. The molecule has 4 atom stereocenters. The number of allylic oxidation sites excluding steroid dienone is 2. The van der Waals surface area contributed by atoms with Crippen molar-refractivity contribution in [1.29, 1.82) is 5.26 Å². The Bertz CT molecular complexity index is 1230. The van der Waals surface area contributed by atoms with E-state index in [1.165, 1.54) is 12.3 Å². The molecule has 1 aliphatic carbocycles. The van der Waals surface area contributed by atoms with Crippen LogP contribution in [0.4, 0.5) is 0 Å². The molecule has 0 amide bonds. The van der Waals surface area contributed by atoms with Crippen LogP contribution < -0.4 is 5.32 Å². The lowest BCUT2D eigenvalue weighted by molar-refractivity contribution is -0.117. The Kier molecular flexibility index (Phi) is 8.62. The number of hydrogen-bond acceptors (Lipinski definition) is 7. The highest BCUT2D eigenvalue weighted by Crippen LogP contribution is 2.42. The van der Waals surface area contributed by atoms with Crippen LogP contribution in [0.15, 0.2) is 56.7 Å². The fraction of sp³-hybridized carbons (Fsp3) is 0.480. The topological polar surface area (TPSA) is 125 Å². The van der Waals surface area contributed by atoms with Crippen LogP contribution in [0.5, 0.6) is 0 Å². The van der Waals surface area contributed by atoms with Gasteiger partial charge in [0.25, 0.3) is 0 Å². The number of carbonyl (C=O) groups is 1.